The predicted octanol–water partition coefficient (Wildman–Crippen LogP) is 2.88. The number of hydrogen-bond donors (Lipinski definition) is 1. The van der Waals surface area contributed by atoms with Crippen LogP contribution in [0, 0.1) is 11.5 Å². The summed E-state index contributed by atoms with van der Waals surface area (Å²) in [5.41, 5.74) is 4.97. The van der Waals surface area contributed by atoms with E-state index in [-0.39, 0.29) is 0 Å². The van der Waals surface area contributed by atoms with Crippen molar-refractivity contribution >= 4 is 5.71 Å². The van der Waals surface area contributed by atoms with Crippen LogP contribution in [-0.2, 0) is 0 Å². The summed E-state index contributed by atoms with van der Waals surface area (Å²) >= 11 is 0. The summed E-state index contributed by atoms with van der Waals surface area (Å²) < 4.78 is 0. The molecule has 0 heterocycles. The standard InChI is InChI=1S/C13H8N/c14-13-11-7-3-1-5-9(11)10-6-2-4-8-12(10)13/h1-3,5-8,14H. The van der Waals surface area contributed by atoms with Crippen LogP contribution in [0.25, 0.3) is 11.1 Å². The SMILES string of the molecule is N=C1c2c[c]ccc2-c2ccccc21. The van der Waals surface area contributed by atoms with Crippen LogP contribution in [0.5, 0.6) is 0 Å². The molecule has 0 fully saturated rings. The van der Waals surface area contributed by atoms with Crippen molar-refractivity contribution in [3.63, 3.8) is 0 Å². The van der Waals surface area contributed by atoms with Crippen molar-refractivity contribution in [2.45, 2.75) is 0 Å². The molecule has 0 spiro atoms. The van der Waals surface area contributed by atoms with Gasteiger partial charge in [0.2, 0.25) is 0 Å². The van der Waals surface area contributed by atoms with E-state index in [1.807, 2.05) is 36.4 Å². The van der Waals surface area contributed by atoms with Gasteiger partial charge in [0.15, 0.2) is 0 Å². The Balaban J connectivity index is 2.42. The van der Waals surface area contributed by atoms with Gasteiger partial charge in [-0.25, -0.2) is 0 Å². The maximum Gasteiger partial charge on any atom is 0.0697 e. The van der Waals surface area contributed by atoms with Crippen molar-refractivity contribution in [1.82, 2.24) is 0 Å². The third-order valence-electron chi connectivity index (χ3n) is 2.62. The summed E-state index contributed by atoms with van der Waals surface area (Å²) in [4.78, 5) is 0. The zero-order valence-electron chi connectivity index (χ0n) is 7.54. The Kier molecular flexibility index (Phi) is 1.37. The van der Waals surface area contributed by atoms with E-state index in [0.717, 1.165) is 16.7 Å². The highest BCUT2D eigenvalue weighted by molar-refractivity contribution is 6.22. The topological polar surface area (TPSA) is 23.9 Å². The van der Waals surface area contributed by atoms with E-state index in [1.165, 1.54) is 5.56 Å². The van der Waals surface area contributed by atoms with Gasteiger partial charge in [0, 0.05) is 11.1 Å². The first-order valence-electron chi connectivity index (χ1n) is 4.57. The molecule has 1 heteroatoms. The van der Waals surface area contributed by atoms with E-state index in [1.54, 1.807) is 0 Å². The third kappa shape index (κ3) is 0.814. The molecule has 14 heavy (non-hydrogen) atoms. The van der Waals surface area contributed by atoms with Crippen LogP contribution in [0.2, 0.25) is 0 Å². The van der Waals surface area contributed by atoms with Crippen LogP contribution in [0.3, 0.4) is 0 Å². The van der Waals surface area contributed by atoms with Gasteiger partial charge in [0.25, 0.3) is 0 Å². The molecule has 0 atom stereocenters. The fraction of sp³-hybridized carbons (Fsp3) is 0. The fourth-order valence-electron chi connectivity index (χ4n) is 1.95. The molecule has 1 nitrogen and oxygen atoms in total. The highest BCUT2D eigenvalue weighted by Crippen LogP contribution is 2.35. The van der Waals surface area contributed by atoms with Crippen LogP contribution < -0.4 is 0 Å². The second-order valence-corrected chi connectivity index (χ2v) is 3.39. The van der Waals surface area contributed by atoms with Crippen LogP contribution >= 0.6 is 0 Å². The number of nitrogens with one attached hydrogen (secondary N) is 1. The second kappa shape index (κ2) is 2.55. The van der Waals surface area contributed by atoms with Crippen molar-refractivity contribution in [2.24, 2.45) is 0 Å². The Labute approximate surface area is 82.5 Å². The molecule has 2 aromatic rings. The Morgan fingerprint density at radius 2 is 1.57 bits per heavy atom. The lowest BCUT2D eigenvalue weighted by molar-refractivity contribution is 1.50. The molecule has 0 amide bonds. The van der Waals surface area contributed by atoms with Gasteiger partial charge in [-0.15, -0.1) is 0 Å². The Morgan fingerprint density at radius 1 is 0.857 bits per heavy atom. The molecule has 0 aromatic heterocycles. The third-order valence-corrected chi connectivity index (χ3v) is 2.62. The van der Waals surface area contributed by atoms with Crippen LogP contribution in [0.4, 0.5) is 0 Å². The van der Waals surface area contributed by atoms with Gasteiger partial charge in [-0.2, -0.15) is 0 Å². The summed E-state index contributed by atoms with van der Waals surface area (Å²) in [6, 6.07) is 16.9. The summed E-state index contributed by atoms with van der Waals surface area (Å²) in [5, 5.41) is 7.99. The Morgan fingerprint density at radius 3 is 2.43 bits per heavy atom. The lowest BCUT2D eigenvalue weighted by Gasteiger charge is -1.96. The molecule has 0 saturated heterocycles. The smallest absolute Gasteiger partial charge is 0.0697 e. The van der Waals surface area contributed by atoms with Crippen molar-refractivity contribution in [2.75, 3.05) is 0 Å². The summed E-state index contributed by atoms with van der Waals surface area (Å²) in [7, 11) is 0. The van der Waals surface area contributed by atoms with Gasteiger partial charge < -0.3 is 0 Å². The maximum absolute atomic E-state index is 7.99. The number of rotatable bonds is 0. The van der Waals surface area contributed by atoms with Crippen molar-refractivity contribution in [3.8, 4) is 11.1 Å². The van der Waals surface area contributed by atoms with E-state index in [4.69, 9.17) is 5.41 Å². The minimum Gasteiger partial charge on any atom is -0.300 e. The first kappa shape index (κ1) is 7.51. The van der Waals surface area contributed by atoms with E-state index in [0.29, 0.717) is 5.71 Å². The quantitative estimate of drug-likeness (QED) is 0.547. The van der Waals surface area contributed by atoms with Crippen molar-refractivity contribution in [1.29, 1.82) is 5.41 Å². The molecule has 1 radical (unpaired) electrons. The van der Waals surface area contributed by atoms with Crippen LogP contribution in [0.1, 0.15) is 11.1 Å². The minimum absolute atomic E-state index is 0.618. The average molecular weight is 178 g/mol. The minimum atomic E-state index is 0.618. The summed E-state index contributed by atoms with van der Waals surface area (Å²) in [6.45, 7) is 0. The average Bonchev–Trinajstić information content (AvgIpc) is 2.55. The number of hydrogen-bond acceptors (Lipinski definition) is 1. The molecule has 0 aliphatic heterocycles. The molecule has 1 aliphatic rings. The van der Waals surface area contributed by atoms with Gasteiger partial charge in [0.05, 0.1) is 5.71 Å². The summed E-state index contributed by atoms with van der Waals surface area (Å²) in [5.74, 6) is 0. The lowest BCUT2D eigenvalue weighted by atomic mass is 10.1. The summed E-state index contributed by atoms with van der Waals surface area (Å²) in [6.07, 6.45) is 0. The second-order valence-electron chi connectivity index (χ2n) is 3.39. The first-order chi connectivity index (χ1) is 6.88. The lowest BCUT2D eigenvalue weighted by Crippen LogP contribution is -1.93. The highest BCUT2D eigenvalue weighted by atomic mass is 14.5. The van der Waals surface area contributed by atoms with E-state index in [2.05, 4.69) is 12.1 Å². The molecule has 0 saturated carbocycles. The molecule has 3 rings (SSSR count). The molecule has 1 N–H and O–H groups in total. The van der Waals surface area contributed by atoms with Gasteiger partial charge >= 0.3 is 0 Å². The first-order valence-corrected chi connectivity index (χ1v) is 4.57. The van der Waals surface area contributed by atoms with Gasteiger partial charge in [-0.3, -0.25) is 5.41 Å². The molecular weight excluding hydrogens is 170 g/mol. The highest BCUT2D eigenvalue weighted by Gasteiger charge is 2.21. The van der Waals surface area contributed by atoms with Crippen molar-refractivity contribution in [3.05, 3.63) is 59.7 Å². The zero-order chi connectivity index (χ0) is 9.54. The molecule has 65 valence electrons. The van der Waals surface area contributed by atoms with Crippen LogP contribution in [0.15, 0.2) is 42.5 Å². The number of benzene rings is 2. The van der Waals surface area contributed by atoms with Gasteiger partial charge in [-0.1, -0.05) is 36.4 Å². The normalized spacial score (nSPS) is 12.4. The molecular formula is C13H8N. The largest absolute Gasteiger partial charge is 0.300 e. The van der Waals surface area contributed by atoms with E-state index in [9.17, 15) is 0 Å². The fourth-order valence-corrected chi connectivity index (χ4v) is 1.95. The van der Waals surface area contributed by atoms with Gasteiger partial charge in [0.1, 0.15) is 0 Å². The van der Waals surface area contributed by atoms with E-state index >= 15 is 0 Å². The molecule has 1 aliphatic carbocycles. The van der Waals surface area contributed by atoms with E-state index < -0.39 is 0 Å². The number of fused-ring (bicyclic) bond motifs is 3. The van der Waals surface area contributed by atoms with Gasteiger partial charge in [-0.05, 0) is 23.3 Å². The monoisotopic (exact) mass is 178 g/mol. The Hall–Kier alpha value is -1.89. The molecule has 0 bridgehead atoms. The van der Waals surface area contributed by atoms with Crippen LogP contribution in [-0.4, -0.2) is 5.71 Å². The predicted molar refractivity (Wildman–Crippen MR) is 56.6 cm³/mol. The molecule has 2 aromatic carbocycles. The maximum atomic E-state index is 7.99. The van der Waals surface area contributed by atoms with Crippen molar-refractivity contribution < 1.29 is 0 Å². The zero-order valence-corrected chi connectivity index (χ0v) is 7.54. The Bertz CT molecular complexity index is 479. The molecule has 0 unspecified atom stereocenters.